The van der Waals surface area contributed by atoms with Crippen molar-refractivity contribution >= 4 is 17.6 Å². The molecule has 24 heavy (non-hydrogen) atoms. The van der Waals surface area contributed by atoms with Crippen molar-refractivity contribution < 1.29 is 14.7 Å². The molecule has 2 aromatic rings. The molecule has 0 saturated heterocycles. The van der Waals surface area contributed by atoms with E-state index in [2.05, 4.69) is 15.6 Å². The molecule has 6 nitrogen and oxygen atoms in total. The van der Waals surface area contributed by atoms with Gasteiger partial charge < -0.3 is 15.7 Å². The fraction of sp³-hybridized carbons (Fsp3) is 0.278. The van der Waals surface area contributed by atoms with Crippen molar-refractivity contribution in [2.45, 2.75) is 27.3 Å². The number of carbonyl (C=O) groups excluding carboxylic acids is 2. The number of anilines is 1. The maximum Gasteiger partial charge on any atom is 0.251 e. The van der Waals surface area contributed by atoms with Crippen molar-refractivity contribution in [2.75, 3.05) is 5.32 Å². The Kier molecular flexibility index (Phi) is 5.52. The van der Waals surface area contributed by atoms with Crippen LogP contribution in [-0.4, -0.2) is 21.9 Å². The Bertz CT molecular complexity index is 757. The van der Waals surface area contributed by atoms with E-state index in [1.54, 1.807) is 51.1 Å². The topological polar surface area (TPSA) is 91.3 Å². The number of nitrogens with zero attached hydrogens (tertiary/aromatic N) is 1. The number of aryl methyl sites for hydroxylation is 1. The van der Waals surface area contributed by atoms with E-state index in [-0.39, 0.29) is 23.5 Å². The molecule has 0 fully saturated rings. The van der Waals surface area contributed by atoms with Crippen LogP contribution in [-0.2, 0) is 11.3 Å². The van der Waals surface area contributed by atoms with E-state index in [0.29, 0.717) is 23.6 Å². The Hall–Kier alpha value is -2.89. The maximum atomic E-state index is 12.3. The molecule has 6 heteroatoms. The third kappa shape index (κ3) is 4.81. The minimum Gasteiger partial charge on any atom is -0.508 e. The summed E-state index contributed by atoms with van der Waals surface area (Å²) in [6.07, 6.45) is 0. The molecular formula is C18H21N3O3. The summed E-state index contributed by atoms with van der Waals surface area (Å²) in [5, 5.41) is 14.9. The number of aromatic hydroxyl groups is 1. The molecule has 126 valence electrons. The van der Waals surface area contributed by atoms with E-state index in [9.17, 15) is 14.7 Å². The summed E-state index contributed by atoms with van der Waals surface area (Å²) in [7, 11) is 0. The molecule has 2 rings (SSSR count). The number of amides is 2. The number of phenolic OH excluding ortho intramolecular Hbond substituents is 1. The van der Waals surface area contributed by atoms with Gasteiger partial charge in [0.25, 0.3) is 5.91 Å². The first kappa shape index (κ1) is 17.5. The molecule has 0 aliphatic heterocycles. The zero-order valence-corrected chi connectivity index (χ0v) is 14.0. The number of pyridine rings is 1. The predicted octanol–water partition coefficient (Wildman–Crippen LogP) is 2.62. The van der Waals surface area contributed by atoms with Gasteiger partial charge in [-0.15, -0.1) is 0 Å². The summed E-state index contributed by atoms with van der Waals surface area (Å²) in [4.78, 5) is 28.3. The highest BCUT2D eigenvalue weighted by Crippen LogP contribution is 2.13. The van der Waals surface area contributed by atoms with Crippen molar-refractivity contribution in [1.29, 1.82) is 0 Å². The first-order valence-electron chi connectivity index (χ1n) is 7.71. The molecule has 0 radical (unpaired) electrons. The van der Waals surface area contributed by atoms with Gasteiger partial charge in [-0.3, -0.25) is 9.59 Å². The van der Waals surface area contributed by atoms with Crippen molar-refractivity contribution in [1.82, 2.24) is 10.3 Å². The summed E-state index contributed by atoms with van der Waals surface area (Å²) in [5.41, 5.74) is 1.85. The molecule has 0 spiro atoms. The fourth-order valence-electron chi connectivity index (χ4n) is 2.09. The van der Waals surface area contributed by atoms with Crippen LogP contribution in [0.15, 0.2) is 36.4 Å². The van der Waals surface area contributed by atoms with Gasteiger partial charge in [0.15, 0.2) is 0 Å². The highest BCUT2D eigenvalue weighted by Gasteiger charge is 2.12. The van der Waals surface area contributed by atoms with Crippen molar-refractivity contribution in [3.8, 4) is 5.75 Å². The van der Waals surface area contributed by atoms with E-state index < -0.39 is 0 Å². The second-order valence-electron chi connectivity index (χ2n) is 5.88. The fourth-order valence-corrected chi connectivity index (χ4v) is 2.09. The number of phenols is 1. The summed E-state index contributed by atoms with van der Waals surface area (Å²) < 4.78 is 0. The largest absolute Gasteiger partial charge is 0.508 e. The van der Waals surface area contributed by atoms with Crippen LogP contribution in [0.1, 0.15) is 35.5 Å². The van der Waals surface area contributed by atoms with Gasteiger partial charge in [-0.2, -0.15) is 0 Å². The number of hydrogen-bond donors (Lipinski definition) is 3. The molecular weight excluding hydrogens is 306 g/mol. The zero-order chi connectivity index (χ0) is 17.7. The van der Waals surface area contributed by atoms with Gasteiger partial charge in [0.2, 0.25) is 5.91 Å². The summed E-state index contributed by atoms with van der Waals surface area (Å²) in [6.45, 7) is 5.63. The second kappa shape index (κ2) is 7.59. The Labute approximate surface area is 140 Å². The SMILES string of the molecule is Cc1cc(C(=O)NCc2cccc(O)c2)cc(NC(=O)C(C)C)n1. The first-order valence-corrected chi connectivity index (χ1v) is 7.71. The summed E-state index contributed by atoms with van der Waals surface area (Å²) in [5.74, 6) is -0.0881. The van der Waals surface area contributed by atoms with Gasteiger partial charge in [-0.05, 0) is 36.8 Å². The van der Waals surface area contributed by atoms with Crippen LogP contribution in [0.25, 0.3) is 0 Å². The molecule has 1 heterocycles. The lowest BCUT2D eigenvalue weighted by Gasteiger charge is -2.10. The molecule has 2 amide bonds. The average Bonchev–Trinajstić information content (AvgIpc) is 2.52. The van der Waals surface area contributed by atoms with Gasteiger partial charge in [0, 0.05) is 23.7 Å². The molecule has 1 aromatic carbocycles. The smallest absolute Gasteiger partial charge is 0.251 e. The lowest BCUT2D eigenvalue weighted by Crippen LogP contribution is -2.24. The number of nitrogens with one attached hydrogen (secondary N) is 2. The Morgan fingerprint density at radius 1 is 1.21 bits per heavy atom. The molecule has 0 unspecified atom stereocenters. The van der Waals surface area contributed by atoms with Gasteiger partial charge >= 0.3 is 0 Å². The van der Waals surface area contributed by atoms with Crippen LogP contribution in [0.3, 0.4) is 0 Å². The zero-order valence-electron chi connectivity index (χ0n) is 14.0. The normalized spacial score (nSPS) is 10.5. The van der Waals surface area contributed by atoms with Crippen LogP contribution >= 0.6 is 0 Å². The van der Waals surface area contributed by atoms with Crippen molar-refractivity contribution in [3.63, 3.8) is 0 Å². The molecule has 0 aliphatic carbocycles. The van der Waals surface area contributed by atoms with Crippen LogP contribution in [0.2, 0.25) is 0 Å². The number of carbonyl (C=O) groups is 2. The highest BCUT2D eigenvalue weighted by atomic mass is 16.3. The number of benzene rings is 1. The van der Waals surface area contributed by atoms with Gasteiger partial charge in [-0.1, -0.05) is 26.0 Å². The second-order valence-corrected chi connectivity index (χ2v) is 5.88. The predicted molar refractivity (Wildman–Crippen MR) is 91.7 cm³/mol. The third-order valence-electron chi connectivity index (χ3n) is 3.35. The van der Waals surface area contributed by atoms with Crippen LogP contribution in [0.4, 0.5) is 5.82 Å². The third-order valence-corrected chi connectivity index (χ3v) is 3.35. The minimum atomic E-state index is -0.274. The monoisotopic (exact) mass is 327 g/mol. The standard InChI is InChI=1S/C18H21N3O3/c1-11(2)17(23)21-16-9-14(7-12(3)20-16)18(24)19-10-13-5-4-6-15(22)8-13/h4-9,11,22H,10H2,1-3H3,(H,19,24)(H,20,21,23). The first-order chi connectivity index (χ1) is 11.3. The van der Waals surface area contributed by atoms with E-state index in [0.717, 1.165) is 5.56 Å². The number of rotatable bonds is 5. The lowest BCUT2D eigenvalue weighted by molar-refractivity contribution is -0.118. The molecule has 1 aromatic heterocycles. The van der Waals surface area contributed by atoms with E-state index in [1.807, 2.05) is 6.07 Å². The number of aromatic nitrogens is 1. The van der Waals surface area contributed by atoms with Crippen LogP contribution in [0.5, 0.6) is 5.75 Å². The summed E-state index contributed by atoms with van der Waals surface area (Å²) in [6, 6.07) is 9.89. The van der Waals surface area contributed by atoms with E-state index in [1.165, 1.54) is 0 Å². The van der Waals surface area contributed by atoms with Crippen LogP contribution < -0.4 is 10.6 Å². The quantitative estimate of drug-likeness (QED) is 0.787. The van der Waals surface area contributed by atoms with Crippen LogP contribution in [0, 0.1) is 12.8 Å². The van der Waals surface area contributed by atoms with Gasteiger partial charge in [0.05, 0.1) is 0 Å². The maximum absolute atomic E-state index is 12.3. The van der Waals surface area contributed by atoms with Crippen molar-refractivity contribution in [2.24, 2.45) is 5.92 Å². The molecule has 0 atom stereocenters. The number of hydrogen-bond acceptors (Lipinski definition) is 4. The minimum absolute atomic E-state index is 0.153. The summed E-state index contributed by atoms with van der Waals surface area (Å²) >= 11 is 0. The van der Waals surface area contributed by atoms with Gasteiger partial charge in [-0.25, -0.2) is 4.98 Å². The van der Waals surface area contributed by atoms with E-state index >= 15 is 0 Å². The lowest BCUT2D eigenvalue weighted by atomic mass is 10.1. The Morgan fingerprint density at radius 3 is 2.62 bits per heavy atom. The Balaban J connectivity index is 2.08. The van der Waals surface area contributed by atoms with E-state index in [4.69, 9.17) is 0 Å². The van der Waals surface area contributed by atoms with Crippen molar-refractivity contribution in [3.05, 3.63) is 53.2 Å². The Morgan fingerprint density at radius 2 is 1.96 bits per heavy atom. The molecule has 3 N–H and O–H groups in total. The van der Waals surface area contributed by atoms with Gasteiger partial charge in [0.1, 0.15) is 11.6 Å². The molecule has 0 saturated carbocycles. The molecule has 0 aliphatic rings. The average molecular weight is 327 g/mol. The highest BCUT2D eigenvalue weighted by molar-refractivity contribution is 5.97. The molecule has 0 bridgehead atoms.